The van der Waals surface area contributed by atoms with Gasteiger partial charge in [-0.25, -0.2) is 12.7 Å². The van der Waals surface area contributed by atoms with Crippen molar-refractivity contribution in [1.29, 1.82) is 0 Å². The minimum atomic E-state index is -3.29. The van der Waals surface area contributed by atoms with Gasteiger partial charge in [-0.2, -0.15) is 8.78 Å². The van der Waals surface area contributed by atoms with E-state index in [9.17, 15) is 22.0 Å². The van der Waals surface area contributed by atoms with Crippen molar-refractivity contribution in [3.05, 3.63) is 59.9 Å². The molecule has 1 saturated heterocycles. The Morgan fingerprint density at radius 3 is 2.56 bits per heavy atom. The van der Waals surface area contributed by atoms with Crippen molar-refractivity contribution in [2.24, 2.45) is 5.92 Å². The molecule has 9 heteroatoms. The van der Waals surface area contributed by atoms with E-state index in [0.717, 1.165) is 5.56 Å². The number of amides is 1. The third kappa shape index (κ3) is 5.75. The Kier molecular flexibility index (Phi) is 8.05. The molecule has 1 aromatic carbocycles. The van der Waals surface area contributed by atoms with Crippen molar-refractivity contribution >= 4 is 15.9 Å². The number of hydrogen-bond donors (Lipinski definition) is 1. The molecule has 3 rings (SSSR count). The molecule has 1 atom stereocenters. The van der Waals surface area contributed by atoms with E-state index in [1.54, 1.807) is 12.2 Å². The number of sulfonamides is 1. The van der Waals surface area contributed by atoms with Gasteiger partial charge in [-0.15, -0.1) is 0 Å². The summed E-state index contributed by atoms with van der Waals surface area (Å²) in [6.45, 7) is -0.114. The molecule has 1 heterocycles. The second-order valence-corrected chi connectivity index (χ2v) is 10.3. The first-order valence-corrected chi connectivity index (χ1v) is 12.5. The standard InChI is InChI=1S/C23H30F2N2O4S/c1-2-16-32(29,30)27-14-12-23(13-15-27,18-8-4-3-5-9-18)17-26-21(28)19-10-6-7-11-20(19)31-22(24)25/h3-9,11,19,22H,2,10,12-17H2,1H3,(H,26,28). The van der Waals surface area contributed by atoms with Crippen LogP contribution in [0.3, 0.4) is 0 Å². The highest BCUT2D eigenvalue weighted by atomic mass is 32.2. The van der Waals surface area contributed by atoms with Crippen molar-refractivity contribution in [1.82, 2.24) is 9.62 Å². The van der Waals surface area contributed by atoms with Crippen LogP contribution in [0.4, 0.5) is 8.78 Å². The van der Waals surface area contributed by atoms with E-state index in [4.69, 9.17) is 0 Å². The fraction of sp³-hybridized carbons (Fsp3) is 0.522. The van der Waals surface area contributed by atoms with Crippen molar-refractivity contribution in [3.8, 4) is 0 Å². The maximum absolute atomic E-state index is 12.9. The molecular weight excluding hydrogens is 438 g/mol. The summed E-state index contributed by atoms with van der Waals surface area (Å²) in [5.41, 5.74) is 0.587. The van der Waals surface area contributed by atoms with Crippen LogP contribution < -0.4 is 5.32 Å². The molecule has 0 aromatic heterocycles. The number of carbonyl (C=O) groups excluding carboxylic acids is 1. The van der Waals surface area contributed by atoms with Crippen molar-refractivity contribution in [2.45, 2.75) is 44.6 Å². The van der Waals surface area contributed by atoms with Gasteiger partial charge in [-0.1, -0.05) is 49.4 Å². The Balaban J connectivity index is 1.74. The van der Waals surface area contributed by atoms with Gasteiger partial charge < -0.3 is 10.1 Å². The number of nitrogens with zero attached hydrogens (tertiary/aromatic N) is 1. The number of hydrogen-bond acceptors (Lipinski definition) is 4. The number of carbonyl (C=O) groups is 1. The van der Waals surface area contributed by atoms with Gasteiger partial charge >= 0.3 is 6.61 Å². The monoisotopic (exact) mass is 468 g/mol. The summed E-state index contributed by atoms with van der Waals surface area (Å²) in [6.07, 6.45) is 6.69. The van der Waals surface area contributed by atoms with Crippen LogP contribution in [0.15, 0.2) is 54.3 Å². The normalized spacial score (nSPS) is 21.2. The largest absolute Gasteiger partial charge is 0.439 e. The Bertz CT molecular complexity index is 940. The smallest absolute Gasteiger partial charge is 0.387 e. The van der Waals surface area contributed by atoms with Crippen LogP contribution in [-0.2, 0) is 25.0 Å². The molecule has 0 bridgehead atoms. The van der Waals surface area contributed by atoms with E-state index < -0.39 is 28.0 Å². The van der Waals surface area contributed by atoms with Gasteiger partial charge in [0.05, 0.1) is 11.7 Å². The number of halogens is 2. The molecule has 1 aliphatic carbocycles. The zero-order valence-electron chi connectivity index (χ0n) is 18.2. The molecule has 1 aliphatic heterocycles. The molecule has 0 radical (unpaired) electrons. The molecule has 2 aliphatic rings. The summed E-state index contributed by atoms with van der Waals surface area (Å²) < 4.78 is 56.5. The molecular formula is C23H30F2N2O4S. The van der Waals surface area contributed by atoms with E-state index in [0.29, 0.717) is 38.9 Å². The lowest BCUT2D eigenvalue weighted by atomic mass is 9.73. The third-order valence-electron chi connectivity index (χ3n) is 6.18. The topological polar surface area (TPSA) is 75.7 Å². The quantitative estimate of drug-likeness (QED) is 0.601. The number of allylic oxidation sites excluding steroid dienone is 3. The molecule has 1 unspecified atom stereocenters. The van der Waals surface area contributed by atoms with Crippen LogP contribution in [0.25, 0.3) is 0 Å². The molecule has 1 N–H and O–H groups in total. The highest BCUT2D eigenvalue weighted by molar-refractivity contribution is 7.89. The van der Waals surface area contributed by atoms with Crippen molar-refractivity contribution < 1.29 is 26.7 Å². The number of nitrogens with one attached hydrogen (secondary N) is 1. The Labute approximate surface area is 188 Å². The third-order valence-corrected chi connectivity index (χ3v) is 8.25. The molecule has 6 nitrogen and oxygen atoms in total. The van der Waals surface area contributed by atoms with Crippen molar-refractivity contribution in [3.63, 3.8) is 0 Å². The van der Waals surface area contributed by atoms with E-state index in [2.05, 4.69) is 10.1 Å². The lowest BCUT2D eigenvalue weighted by Crippen LogP contribution is -2.51. The molecule has 0 saturated carbocycles. The molecule has 176 valence electrons. The SMILES string of the molecule is CCCS(=O)(=O)N1CCC(CNC(=O)C2CC=CC=C2OC(F)F)(c2ccccc2)CC1. The van der Waals surface area contributed by atoms with Gasteiger partial charge in [0.15, 0.2) is 0 Å². The van der Waals surface area contributed by atoms with E-state index in [-0.39, 0.29) is 23.8 Å². The summed E-state index contributed by atoms with van der Waals surface area (Å²) in [7, 11) is -3.29. The van der Waals surface area contributed by atoms with Crippen LogP contribution in [0, 0.1) is 5.92 Å². The molecule has 32 heavy (non-hydrogen) atoms. The summed E-state index contributed by atoms with van der Waals surface area (Å²) in [5, 5.41) is 2.94. The number of piperidine rings is 1. The second kappa shape index (κ2) is 10.6. The fourth-order valence-corrected chi connectivity index (χ4v) is 5.90. The minimum Gasteiger partial charge on any atom is -0.439 e. The van der Waals surface area contributed by atoms with Gasteiger partial charge in [0, 0.05) is 25.0 Å². The van der Waals surface area contributed by atoms with Gasteiger partial charge in [0.25, 0.3) is 0 Å². The summed E-state index contributed by atoms with van der Waals surface area (Å²) in [5.74, 6) is -1.12. The Morgan fingerprint density at radius 1 is 1.25 bits per heavy atom. The lowest BCUT2D eigenvalue weighted by molar-refractivity contribution is -0.131. The Hall–Kier alpha value is -2.26. The zero-order chi connectivity index (χ0) is 23.2. The van der Waals surface area contributed by atoms with Crippen molar-refractivity contribution in [2.75, 3.05) is 25.4 Å². The summed E-state index contributed by atoms with van der Waals surface area (Å²) >= 11 is 0. The maximum atomic E-state index is 12.9. The highest BCUT2D eigenvalue weighted by Gasteiger charge is 2.40. The van der Waals surface area contributed by atoms with Crippen LogP contribution >= 0.6 is 0 Å². The number of ether oxygens (including phenoxy) is 1. The summed E-state index contributed by atoms with van der Waals surface area (Å²) in [4.78, 5) is 12.9. The average Bonchev–Trinajstić information content (AvgIpc) is 2.78. The van der Waals surface area contributed by atoms with E-state index >= 15 is 0 Å². The van der Waals surface area contributed by atoms with Gasteiger partial charge in [-0.05, 0) is 37.3 Å². The second-order valence-electron chi connectivity index (χ2n) is 8.24. The minimum absolute atomic E-state index is 0.0470. The van der Waals surface area contributed by atoms with E-state index in [1.165, 1.54) is 10.4 Å². The van der Waals surface area contributed by atoms with Gasteiger partial charge in [-0.3, -0.25) is 4.79 Å². The van der Waals surface area contributed by atoms with Crippen LogP contribution in [0.1, 0.15) is 38.2 Å². The number of benzene rings is 1. The highest BCUT2D eigenvalue weighted by Crippen LogP contribution is 2.36. The van der Waals surface area contributed by atoms with E-state index in [1.807, 2.05) is 37.3 Å². The first-order valence-electron chi connectivity index (χ1n) is 10.9. The van der Waals surface area contributed by atoms with Crippen LogP contribution in [0.5, 0.6) is 0 Å². The average molecular weight is 469 g/mol. The molecule has 1 fully saturated rings. The van der Waals surface area contributed by atoms with Gasteiger partial charge in [0.2, 0.25) is 15.9 Å². The lowest BCUT2D eigenvalue weighted by Gasteiger charge is -2.42. The van der Waals surface area contributed by atoms with Crippen LogP contribution in [-0.4, -0.2) is 50.6 Å². The van der Waals surface area contributed by atoms with Crippen LogP contribution in [0.2, 0.25) is 0 Å². The predicted octanol–water partition coefficient (Wildman–Crippen LogP) is 3.58. The molecule has 1 amide bonds. The predicted molar refractivity (Wildman–Crippen MR) is 118 cm³/mol. The first kappa shape index (κ1) is 24.4. The zero-order valence-corrected chi connectivity index (χ0v) is 19.0. The Morgan fingerprint density at radius 2 is 1.94 bits per heavy atom. The molecule has 1 aromatic rings. The first-order chi connectivity index (χ1) is 15.3. The number of rotatable bonds is 9. The fourth-order valence-electron chi connectivity index (χ4n) is 4.39. The number of alkyl halides is 2. The molecule has 0 spiro atoms. The van der Waals surface area contributed by atoms with Gasteiger partial charge in [0.1, 0.15) is 5.76 Å². The maximum Gasteiger partial charge on any atom is 0.387 e. The summed E-state index contributed by atoms with van der Waals surface area (Å²) in [6, 6.07) is 9.71.